The SMILES string of the molecule is CC(CN(Cc1ccsc1)C1CC1)=C1CNC1. The molecule has 0 atom stereocenters. The predicted octanol–water partition coefficient (Wildman–Crippen LogP) is 2.63. The van der Waals surface area contributed by atoms with E-state index in [0.29, 0.717) is 0 Å². The van der Waals surface area contributed by atoms with Gasteiger partial charge in [0, 0.05) is 32.2 Å². The van der Waals surface area contributed by atoms with Crippen LogP contribution in [0.1, 0.15) is 25.3 Å². The lowest BCUT2D eigenvalue weighted by Crippen LogP contribution is -2.37. The molecule has 17 heavy (non-hydrogen) atoms. The van der Waals surface area contributed by atoms with Crippen molar-refractivity contribution in [1.29, 1.82) is 0 Å². The number of hydrogen-bond acceptors (Lipinski definition) is 3. The molecule has 2 aliphatic rings. The summed E-state index contributed by atoms with van der Waals surface area (Å²) in [6, 6.07) is 3.10. The molecule has 1 N–H and O–H groups in total. The maximum atomic E-state index is 3.33. The van der Waals surface area contributed by atoms with Crippen molar-refractivity contribution in [2.24, 2.45) is 0 Å². The quantitative estimate of drug-likeness (QED) is 0.806. The summed E-state index contributed by atoms with van der Waals surface area (Å²) in [6.45, 7) is 6.83. The Morgan fingerprint density at radius 2 is 2.29 bits per heavy atom. The third-order valence-electron chi connectivity index (χ3n) is 3.75. The molecule has 1 aromatic rings. The Bertz CT molecular complexity index is 398. The van der Waals surface area contributed by atoms with Gasteiger partial charge in [-0.3, -0.25) is 4.90 Å². The fraction of sp³-hybridized carbons (Fsp3) is 0.571. The molecule has 2 fully saturated rings. The first-order chi connectivity index (χ1) is 8.33. The average molecular weight is 248 g/mol. The molecular formula is C14H20N2S. The average Bonchev–Trinajstić information content (AvgIpc) is 2.95. The highest BCUT2D eigenvalue weighted by atomic mass is 32.1. The van der Waals surface area contributed by atoms with Gasteiger partial charge in [0.2, 0.25) is 0 Å². The number of nitrogens with zero attached hydrogens (tertiary/aromatic N) is 1. The molecule has 92 valence electrons. The smallest absolute Gasteiger partial charge is 0.0248 e. The highest BCUT2D eigenvalue weighted by Gasteiger charge is 2.29. The molecule has 3 rings (SSSR count). The molecule has 1 saturated heterocycles. The molecule has 1 aromatic heterocycles. The summed E-state index contributed by atoms with van der Waals surface area (Å²) in [6.07, 6.45) is 2.79. The molecule has 1 aliphatic carbocycles. The maximum Gasteiger partial charge on any atom is 0.0248 e. The monoisotopic (exact) mass is 248 g/mol. The lowest BCUT2D eigenvalue weighted by atomic mass is 10.0. The normalized spacial score (nSPS) is 19.5. The van der Waals surface area contributed by atoms with Crippen molar-refractivity contribution in [1.82, 2.24) is 10.2 Å². The molecular weight excluding hydrogens is 228 g/mol. The van der Waals surface area contributed by atoms with E-state index in [-0.39, 0.29) is 0 Å². The third-order valence-corrected chi connectivity index (χ3v) is 4.48. The van der Waals surface area contributed by atoms with Gasteiger partial charge < -0.3 is 5.32 Å². The summed E-state index contributed by atoms with van der Waals surface area (Å²) < 4.78 is 0. The zero-order valence-electron chi connectivity index (χ0n) is 10.4. The van der Waals surface area contributed by atoms with Gasteiger partial charge in [-0.1, -0.05) is 5.57 Å². The first-order valence-corrected chi connectivity index (χ1v) is 7.40. The van der Waals surface area contributed by atoms with E-state index < -0.39 is 0 Å². The van der Waals surface area contributed by atoms with E-state index in [1.165, 1.54) is 18.4 Å². The number of thiophene rings is 1. The highest BCUT2D eigenvalue weighted by Crippen LogP contribution is 2.29. The summed E-state index contributed by atoms with van der Waals surface area (Å²) in [5, 5.41) is 7.79. The Morgan fingerprint density at radius 3 is 2.82 bits per heavy atom. The van der Waals surface area contributed by atoms with Gasteiger partial charge in [0.1, 0.15) is 0 Å². The molecule has 0 spiro atoms. The van der Waals surface area contributed by atoms with Crippen LogP contribution in [0.5, 0.6) is 0 Å². The van der Waals surface area contributed by atoms with Gasteiger partial charge in [0.25, 0.3) is 0 Å². The Hall–Kier alpha value is -0.640. The number of rotatable bonds is 5. The summed E-state index contributed by atoms with van der Waals surface area (Å²) in [7, 11) is 0. The second-order valence-electron chi connectivity index (χ2n) is 5.26. The van der Waals surface area contributed by atoms with E-state index in [0.717, 1.165) is 32.2 Å². The molecule has 3 heteroatoms. The first kappa shape index (κ1) is 11.5. The van der Waals surface area contributed by atoms with Crippen LogP contribution in [0, 0.1) is 0 Å². The number of hydrogen-bond donors (Lipinski definition) is 1. The van der Waals surface area contributed by atoms with Crippen molar-refractivity contribution < 1.29 is 0 Å². The van der Waals surface area contributed by atoms with Crippen molar-refractivity contribution in [2.75, 3.05) is 19.6 Å². The van der Waals surface area contributed by atoms with Gasteiger partial charge in [-0.2, -0.15) is 11.3 Å². The standard InChI is InChI=1S/C14H20N2S/c1-11(13-6-15-7-13)8-16(14-2-3-14)9-12-4-5-17-10-12/h4-5,10,14-15H,2-3,6-9H2,1H3. The molecule has 1 aliphatic heterocycles. The predicted molar refractivity (Wildman–Crippen MR) is 73.3 cm³/mol. The fourth-order valence-electron chi connectivity index (χ4n) is 2.34. The van der Waals surface area contributed by atoms with Crippen LogP contribution in [0.2, 0.25) is 0 Å². The van der Waals surface area contributed by atoms with E-state index in [2.05, 4.69) is 34.0 Å². The van der Waals surface area contributed by atoms with Gasteiger partial charge in [-0.05, 0) is 47.7 Å². The van der Waals surface area contributed by atoms with Crippen molar-refractivity contribution in [3.63, 3.8) is 0 Å². The summed E-state index contributed by atoms with van der Waals surface area (Å²) in [5.41, 5.74) is 4.69. The van der Waals surface area contributed by atoms with E-state index >= 15 is 0 Å². The Morgan fingerprint density at radius 1 is 1.47 bits per heavy atom. The Kier molecular flexibility index (Phi) is 3.32. The molecule has 1 saturated carbocycles. The van der Waals surface area contributed by atoms with Crippen LogP contribution >= 0.6 is 11.3 Å². The molecule has 0 bridgehead atoms. The second-order valence-corrected chi connectivity index (χ2v) is 6.04. The summed E-state index contributed by atoms with van der Waals surface area (Å²) in [5.74, 6) is 0. The lowest BCUT2D eigenvalue weighted by molar-refractivity contribution is 0.276. The van der Waals surface area contributed by atoms with Crippen molar-refractivity contribution in [2.45, 2.75) is 32.4 Å². The van der Waals surface area contributed by atoms with Gasteiger partial charge in [-0.15, -0.1) is 0 Å². The summed E-state index contributed by atoms with van der Waals surface area (Å²) in [4.78, 5) is 2.66. The van der Waals surface area contributed by atoms with Crippen LogP contribution in [0.3, 0.4) is 0 Å². The molecule has 0 radical (unpaired) electrons. The molecule has 0 amide bonds. The number of nitrogens with one attached hydrogen (secondary N) is 1. The van der Waals surface area contributed by atoms with Crippen LogP contribution in [0.15, 0.2) is 28.0 Å². The topological polar surface area (TPSA) is 15.3 Å². The summed E-state index contributed by atoms with van der Waals surface area (Å²) >= 11 is 1.81. The maximum absolute atomic E-state index is 3.33. The lowest BCUT2D eigenvalue weighted by Gasteiger charge is -2.27. The largest absolute Gasteiger partial charge is 0.309 e. The Labute approximate surface area is 107 Å². The van der Waals surface area contributed by atoms with Crippen LogP contribution in [0.4, 0.5) is 0 Å². The van der Waals surface area contributed by atoms with Crippen LogP contribution < -0.4 is 5.32 Å². The molecule has 0 unspecified atom stereocenters. The third kappa shape index (κ3) is 2.79. The van der Waals surface area contributed by atoms with E-state index in [1.807, 2.05) is 0 Å². The first-order valence-electron chi connectivity index (χ1n) is 6.46. The van der Waals surface area contributed by atoms with Gasteiger partial charge >= 0.3 is 0 Å². The van der Waals surface area contributed by atoms with Crippen molar-refractivity contribution >= 4 is 11.3 Å². The molecule has 2 heterocycles. The highest BCUT2D eigenvalue weighted by molar-refractivity contribution is 7.07. The van der Waals surface area contributed by atoms with E-state index in [1.54, 1.807) is 22.5 Å². The van der Waals surface area contributed by atoms with Gasteiger partial charge in [-0.25, -0.2) is 0 Å². The minimum atomic E-state index is 0.846. The zero-order chi connectivity index (χ0) is 11.7. The van der Waals surface area contributed by atoms with Crippen LogP contribution in [0.25, 0.3) is 0 Å². The van der Waals surface area contributed by atoms with Crippen LogP contribution in [-0.4, -0.2) is 30.6 Å². The van der Waals surface area contributed by atoms with Crippen molar-refractivity contribution in [3.8, 4) is 0 Å². The van der Waals surface area contributed by atoms with Crippen molar-refractivity contribution in [3.05, 3.63) is 33.5 Å². The second kappa shape index (κ2) is 4.92. The zero-order valence-corrected chi connectivity index (χ0v) is 11.2. The minimum Gasteiger partial charge on any atom is -0.309 e. The Balaban J connectivity index is 1.64. The van der Waals surface area contributed by atoms with E-state index in [4.69, 9.17) is 0 Å². The van der Waals surface area contributed by atoms with Gasteiger partial charge in [0.05, 0.1) is 0 Å². The molecule has 2 nitrogen and oxygen atoms in total. The minimum absolute atomic E-state index is 0.846. The fourth-order valence-corrected chi connectivity index (χ4v) is 3.00. The van der Waals surface area contributed by atoms with Crippen LogP contribution in [-0.2, 0) is 6.54 Å². The van der Waals surface area contributed by atoms with Gasteiger partial charge in [0.15, 0.2) is 0 Å². The van der Waals surface area contributed by atoms with E-state index in [9.17, 15) is 0 Å². The molecule has 0 aromatic carbocycles.